The molecule has 1 heterocycles. The SMILES string of the molecule is COc1ccc(/C(O)=C2\C(=O)C(=O)N(CCO)[C@H]2c2ccc(F)cc2)cc1. The van der Waals surface area contributed by atoms with Gasteiger partial charge in [0, 0.05) is 12.1 Å². The lowest BCUT2D eigenvalue weighted by molar-refractivity contribution is -0.140. The van der Waals surface area contributed by atoms with Gasteiger partial charge in [0.05, 0.1) is 25.3 Å². The maximum absolute atomic E-state index is 13.3. The molecule has 2 N–H and O–H groups in total. The van der Waals surface area contributed by atoms with Gasteiger partial charge in [-0.3, -0.25) is 9.59 Å². The molecule has 2 aromatic rings. The predicted molar refractivity (Wildman–Crippen MR) is 95.5 cm³/mol. The number of carbonyl (C=O) groups is 2. The number of hydrogen-bond donors (Lipinski definition) is 2. The number of Topliss-reactive ketones (excluding diaryl/α,β-unsaturated/α-hetero) is 1. The first-order chi connectivity index (χ1) is 13.0. The fourth-order valence-electron chi connectivity index (χ4n) is 3.11. The number of amides is 1. The van der Waals surface area contributed by atoms with Gasteiger partial charge in [0.1, 0.15) is 17.3 Å². The zero-order valence-electron chi connectivity index (χ0n) is 14.6. The van der Waals surface area contributed by atoms with E-state index in [-0.39, 0.29) is 24.5 Å². The van der Waals surface area contributed by atoms with Gasteiger partial charge in [-0.25, -0.2) is 4.39 Å². The van der Waals surface area contributed by atoms with E-state index in [1.807, 2.05) is 0 Å². The number of aliphatic hydroxyl groups excluding tert-OH is 2. The van der Waals surface area contributed by atoms with E-state index >= 15 is 0 Å². The highest BCUT2D eigenvalue weighted by molar-refractivity contribution is 6.46. The Labute approximate surface area is 155 Å². The van der Waals surface area contributed by atoms with Gasteiger partial charge in [-0.15, -0.1) is 0 Å². The molecule has 0 unspecified atom stereocenters. The van der Waals surface area contributed by atoms with E-state index in [1.54, 1.807) is 24.3 Å². The summed E-state index contributed by atoms with van der Waals surface area (Å²) < 4.78 is 18.4. The van der Waals surface area contributed by atoms with Crippen molar-refractivity contribution in [2.45, 2.75) is 6.04 Å². The Morgan fingerprint density at radius 3 is 2.30 bits per heavy atom. The van der Waals surface area contributed by atoms with Crippen molar-refractivity contribution < 1.29 is 28.9 Å². The number of halogens is 1. The van der Waals surface area contributed by atoms with E-state index in [9.17, 15) is 24.2 Å². The maximum Gasteiger partial charge on any atom is 0.295 e. The van der Waals surface area contributed by atoms with Crippen LogP contribution in [0.4, 0.5) is 4.39 Å². The molecule has 1 aliphatic rings. The summed E-state index contributed by atoms with van der Waals surface area (Å²) in [4.78, 5) is 26.2. The Morgan fingerprint density at radius 1 is 1.11 bits per heavy atom. The van der Waals surface area contributed by atoms with E-state index in [4.69, 9.17) is 4.74 Å². The summed E-state index contributed by atoms with van der Waals surface area (Å²) in [6, 6.07) is 10.8. The van der Waals surface area contributed by atoms with Crippen LogP contribution in [0.5, 0.6) is 5.75 Å². The van der Waals surface area contributed by atoms with E-state index in [2.05, 4.69) is 0 Å². The molecule has 7 heteroatoms. The first kappa shape index (κ1) is 18.6. The van der Waals surface area contributed by atoms with Crippen LogP contribution in [0.2, 0.25) is 0 Å². The van der Waals surface area contributed by atoms with Crippen LogP contribution in [0.3, 0.4) is 0 Å². The average molecular weight is 371 g/mol. The fraction of sp³-hybridized carbons (Fsp3) is 0.200. The number of likely N-dealkylation sites (tertiary alicyclic amines) is 1. The maximum atomic E-state index is 13.3. The number of carbonyl (C=O) groups excluding carboxylic acids is 2. The quantitative estimate of drug-likeness (QED) is 0.478. The third-order valence-corrected chi connectivity index (χ3v) is 4.43. The van der Waals surface area contributed by atoms with Gasteiger partial charge in [0.25, 0.3) is 11.7 Å². The molecule has 0 spiro atoms. The molecular formula is C20H18FNO5. The molecule has 0 saturated carbocycles. The Morgan fingerprint density at radius 2 is 1.74 bits per heavy atom. The first-order valence-corrected chi connectivity index (χ1v) is 8.27. The highest BCUT2D eigenvalue weighted by atomic mass is 19.1. The first-order valence-electron chi connectivity index (χ1n) is 8.27. The normalized spacial score (nSPS) is 18.8. The minimum absolute atomic E-state index is 0.0913. The number of β-amino-alcohol motifs (C(OH)–C–C–N with tert-alkyl or cyclic N) is 1. The van der Waals surface area contributed by atoms with Gasteiger partial charge in [-0.1, -0.05) is 12.1 Å². The van der Waals surface area contributed by atoms with Crippen molar-refractivity contribution in [2.75, 3.05) is 20.3 Å². The Balaban J connectivity index is 2.14. The van der Waals surface area contributed by atoms with Crippen molar-refractivity contribution in [1.82, 2.24) is 4.90 Å². The average Bonchev–Trinajstić information content (AvgIpc) is 2.93. The van der Waals surface area contributed by atoms with Gasteiger partial charge >= 0.3 is 0 Å². The topological polar surface area (TPSA) is 87.1 Å². The van der Waals surface area contributed by atoms with Crippen LogP contribution in [0.1, 0.15) is 17.2 Å². The Kier molecular flexibility index (Phi) is 5.23. The van der Waals surface area contributed by atoms with Crippen molar-refractivity contribution in [1.29, 1.82) is 0 Å². The standard InChI is InChI=1S/C20H18FNO5/c1-27-15-8-4-13(5-9-15)18(24)16-17(12-2-6-14(21)7-3-12)22(10-11-23)20(26)19(16)25/h2-9,17,23-24H,10-11H2,1H3/b18-16+/t17-/m0/s1. The molecular weight excluding hydrogens is 353 g/mol. The van der Waals surface area contributed by atoms with Crippen LogP contribution >= 0.6 is 0 Å². The van der Waals surface area contributed by atoms with Crippen LogP contribution in [-0.2, 0) is 9.59 Å². The van der Waals surface area contributed by atoms with E-state index < -0.39 is 23.5 Å². The zero-order valence-corrected chi connectivity index (χ0v) is 14.6. The van der Waals surface area contributed by atoms with Gasteiger partial charge in [0.2, 0.25) is 0 Å². The molecule has 140 valence electrons. The molecule has 2 aromatic carbocycles. The van der Waals surface area contributed by atoms with E-state index in [0.29, 0.717) is 16.9 Å². The number of benzene rings is 2. The molecule has 27 heavy (non-hydrogen) atoms. The highest BCUT2D eigenvalue weighted by Crippen LogP contribution is 2.39. The zero-order chi connectivity index (χ0) is 19.6. The van der Waals surface area contributed by atoms with E-state index in [0.717, 1.165) is 0 Å². The predicted octanol–water partition coefficient (Wildman–Crippen LogP) is 2.25. The van der Waals surface area contributed by atoms with Gasteiger partial charge in [-0.2, -0.15) is 0 Å². The number of nitrogens with zero attached hydrogens (tertiary/aromatic N) is 1. The summed E-state index contributed by atoms with van der Waals surface area (Å²) in [5.74, 6) is -1.92. The van der Waals surface area contributed by atoms with Gasteiger partial charge in [-0.05, 0) is 42.0 Å². The van der Waals surface area contributed by atoms with E-state index in [1.165, 1.54) is 36.3 Å². The number of aliphatic hydroxyl groups is 2. The van der Waals surface area contributed by atoms with Crippen molar-refractivity contribution in [3.8, 4) is 5.75 Å². The third-order valence-electron chi connectivity index (χ3n) is 4.43. The summed E-state index contributed by atoms with van der Waals surface area (Å²) in [5, 5.41) is 20.0. The Hall–Kier alpha value is -3.19. The number of ketones is 1. The molecule has 6 nitrogen and oxygen atoms in total. The summed E-state index contributed by atoms with van der Waals surface area (Å²) in [7, 11) is 1.50. The molecule has 1 fully saturated rings. The van der Waals surface area contributed by atoms with Crippen LogP contribution in [-0.4, -0.2) is 47.1 Å². The minimum atomic E-state index is -0.917. The van der Waals surface area contributed by atoms with Crippen molar-refractivity contribution >= 4 is 17.4 Å². The lowest BCUT2D eigenvalue weighted by atomic mass is 9.95. The molecule has 1 atom stereocenters. The third kappa shape index (κ3) is 3.41. The molecule has 1 amide bonds. The van der Waals surface area contributed by atoms with Crippen LogP contribution in [0.25, 0.3) is 5.76 Å². The van der Waals surface area contributed by atoms with Gasteiger partial charge < -0.3 is 19.8 Å². The second-order valence-corrected chi connectivity index (χ2v) is 6.00. The molecule has 1 saturated heterocycles. The summed E-state index contributed by atoms with van der Waals surface area (Å²) in [5.41, 5.74) is 0.689. The molecule has 0 bridgehead atoms. The highest BCUT2D eigenvalue weighted by Gasteiger charge is 2.45. The Bertz CT molecular complexity index is 890. The largest absolute Gasteiger partial charge is 0.507 e. The summed E-state index contributed by atoms with van der Waals surface area (Å²) in [6.45, 7) is -0.445. The van der Waals surface area contributed by atoms with Crippen LogP contribution in [0, 0.1) is 5.82 Å². The number of hydrogen-bond acceptors (Lipinski definition) is 5. The number of rotatable bonds is 5. The smallest absolute Gasteiger partial charge is 0.295 e. The molecule has 0 aliphatic carbocycles. The van der Waals surface area contributed by atoms with Crippen molar-refractivity contribution in [3.63, 3.8) is 0 Å². The summed E-state index contributed by atoms with van der Waals surface area (Å²) in [6.07, 6.45) is 0. The number of methoxy groups -OCH3 is 1. The molecule has 0 radical (unpaired) electrons. The molecule has 1 aliphatic heterocycles. The summed E-state index contributed by atoms with van der Waals surface area (Å²) >= 11 is 0. The lowest BCUT2D eigenvalue weighted by Gasteiger charge is -2.24. The molecule has 3 rings (SSSR count). The van der Waals surface area contributed by atoms with Gasteiger partial charge in [0.15, 0.2) is 0 Å². The minimum Gasteiger partial charge on any atom is -0.507 e. The molecule has 0 aromatic heterocycles. The monoisotopic (exact) mass is 371 g/mol. The fourth-order valence-corrected chi connectivity index (χ4v) is 3.11. The second kappa shape index (κ2) is 7.59. The van der Waals surface area contributed by atoms with Crippen LogP contribution in [0.15, 0.2) is 54.1 Å². The second-order valence-electron chi connectivity index (χ2n) is 6.00. The lowest BCUT2D eigenvalue weighted by Crippen LogP contribution is -2.32. The van der Waals surface area contributed by atoms with Crippen LogP contribution < -0.4 is 4.74 Å². The van der Waals surface area contributed by atoms with Crippen molar-refractivity contribution in [2.24, 2.45) is 0 Å². The number of ether oxygens (including phenoxy) is 1. The van der Waals surface area contributed by atoms with Crippen molar-refractivity contribution in [3.05, 3.63) is 71.0 Å².